The summed E-state index contributed by atoms with van der Waals surface area (Å²) in [4.78, 5) is 21.3. The second-order valence-corrected chi connectivity index (χ2v) is 6.90. The molecule has 2 aromatic carbocycles. The highest BCUT2D eigenvalue weighted by Gasteiger charge is 2.31. The minimum atomic E-state index is -4.53. The third-order valence-corrected chi connectivity index (χ3v) is 4.26. The van der Waals surface area contributed by atoms with Crippen LogP contribution in [0.3, 0.4) is 0 Å². The molecule has 0 unspecified atom stereocenters. The summed E-state index contributed by atoms with van der Waals surface area (Å²) in [5, 5.41) is 7.52. The molecule has 0 radical (unpaired) electrons. The van der Waals surface area contributed by atoms with Crippen molar-refractivity contribution in [3.63, 3.8) is 0 Å². The Balaban J connectivity index is 0.00000161. The fourth-order valence-corrected chi connectivity index (χ4v) is 2.81. The van der Waals surface area contributed by atoms with Crippen LogP contribution in [0.1, 0.15) is 34.7 Å². The van der Waals surface area contributed by atoms with Crippen molar-refractivity contribution in [3.05, 3.63) is 69.2 Å². The zero-order valence-electron chi connectivity index (χ0n) is 18.3. The van der Waals surface area contributed by atoms with Gasteiger partial charge in [-0.3, -0.25) is 4.79 Å². The topological polar surface area (TPSA) is 69.5 Å². The maximum Gasteiger partial charge on any atom is 0.416 e. The number of methoxy groups -OCH3 is 1. The Kier molecular flexibility index (Phi) is 10.9. The summed E-state index contributed by atoms with van der Waals surface area (Å²) in [6, 6.07) is 8.41. The van der Waals surface area contributed by atoms with E-state index in [1.54, 1.807) is 26.4 Å². The Morgan fingerprint density at radius 3 is 2.34 bits per heavy atom. The number of hydrogen-bond acceptors (Lipinski definition) is 6. The first kappa shape index (κ1) is 27.1. The fourth-order valence-electron chi connectivity index (χ4n) is 2.57. The minimum Gasteiger partial charge on any atom is -0.399 e. The van der Waals surface area contributed by atoms with Gasteiger partial charge < -0.3 is 14.4 Å². The van der Waals surface area contributed by atoms with Crippen LogP contribution in [0.25, 0.3) is 0 Å². The number of aryl methyl sites for hydroxylation is 1. The van der Waals surface area contributed by atoms with Gasteiger partial charge in [0.05, 0.1) is 11.3 Å². The molecule has 2 rings (SSSR count). The zero-order valence-corrected chi connectivity index (χ0v) is 19.0. The molecular weight excluding hydrogens is 449 g/mol. The first-order chi connectivity index (χ1) is 15.1. The SMILES string of the molecule is CO/N=C(/C=O)c1cccc(C)c1CO/N=C(\C)c1cc(Cl)cc(C(F)(F)F)c1.COC. The largest absolute Gasteiger partial charge is 0.416 e. The molecule has 0 saturated heterocycles. The Morgan fingerprint density at radius 2 is 1.78 bits per heavy atom. The van der Waals surface area contributed by atoms with Crippen LogP contribution in [0.2, 0.25) is 5.02 Å². The molecule has 0 atom stereocenters. The highest BCUT2D eigenvalue weighted by Crippen LogP contribution is 2.32. The third kappa shape index (κ3) is 7.97. The monoisotopic (exact) mass is 472 g/mol. The van der Waals surface area contributed by atoms with E-state index in [2.05, 4.69) is 19.9 Å². The van der Waals surface area contributed by atoms with Gasteiger partial charge in [-0.05, 0) is 37.6 Å². The Bertz CT molecular complexity index is 976. The number of nitrogens with zero attached hydrogens (tertiary/aromatic N) is 2. The number of rotatable bonds is 7. The van der Waals surface area contributed by atoms with E-state index in [0.717, 1.165) is 17.7 Å². The molecule has 6 nitrogen and oxygen atoms in total. The van der Waals surface area contributed by atoms with Crippen molar-refractivity contribution in [1.29, 1.82) is 0 Å². The number of carbonyl (C=O) groups excluding carboxylic acids is 1. The fraction of sp³-hybridized carbons (Fsp3) is 0.318. The Labute approximate surface area is 189 Å². The highest BCUT2D eigenvalue weighted by molar-refractivity contribution is 6.36. The van der Waals surface area contributed by atoms with Gasteiger partial charge >= 0.3 is 6.18 Å². The molecule has 0 saturated carbocycles. The number of benzene rings is 2. The van der Waals surface area contributed by atoms with Crippen molar-refractivity contribution in [2.75, 3.05) is 21.3 Å². The molecule has 2 aromatic rings. The molecule has 0 aliphatic rings. The molecule has 0 spiro atoms. The Hall–Kier alpha value is -2.91. The highest BCUT2D eigenvalue weighted by atomic mass is 35.5. The van der Waals surface area contributed by atoms with Gasteiger partial charge in [0.15, 0.2) is 6.29 Å². The third-order valence-electron chi connectivity index (χ3n) is 4.04. The number of hydrogen-bond donors (Lipinski definition) is 0. The number of ether oxygens (including phenoxy) is 1. The summed E-state index contributed by atoms with van der Waals surface area (Å²) in [5.74, 6) is 0. The van der Waals surface area contributed by atoms with Gasteiger partial charge in [0.2, 0.25) is 0 Å². The van der Waals surface area contributed by atoms with Gasteiger partial charge in [-0.2, -0.15) is 13.2 Å². The average molecular weight is 473 g/mol. The molecular formula is C22H24ClF3N2O4. The molecule has 0 fully saturated rings. The summed E-state index contributed by atoms with van der Waals surface area (Å²) in [6.07, 6.45) is -3.97. The maximum absolute atomic E-state index is 13.0. The van der Waals surface area contributed by atoms with E-state index in [1.807, 2.05) is 13.0 Å². The maximum atomic E-state index is 13.0. The van der Waals surface area contributed by atoms with Crippen LogP contribution in [0, 0.1) is 6.92 Å². The van der Waals surface area contributed by atoms with E-state index in [9.17, 15) is 18.0 Å². The summed E-state index contributed by atoms with van der Waals surface area (Å²) in [6.45, 7) is 3.30. The standard InChI is InChI=1S/C20H18ClF3N2O3.C2H6O/c1-12-5-4-6-17(19(10-27)26-28-3)18(12)11-29-25-13(2)14-7-15(20(22,23)24)9-16(21)8-14;1-3-2/h4-10H,11H2,1-3H3;1-2H3/b25-13+,26-19-;. The van der Waals surface area contributed by atoms with Crippen molar-refractivity contribution in [3.8, 4) is 0 Å². The van der Waals surface area contributed by atoms with E-state index >= 15 is 0 Å². The number of alkyl halides is 3. The summed E-state index contributed by atoms with van der Waals surface area (Å²) >= 11 is 5.80. The smallest absolute Gasteiger partial charge is 0.399 e. The van der Waals surface area contributed by atoms with Crippen LogP contribution >= 0.6 is 11.6 Å². The second-order valence-electron chi connectivity index (χ2n) is 6.46. The van der Waals surface area contributed by atoms with Gasteiger partial charge in [-0.15, -0.1) is 0 Å². The lowest BCUT2D eigenvalue weighted by Crippen LogP contribution is -2.10. The van der Waals surface area contributed by atoms with Crippen LogP contribution < -0.4 is 0 Å². The van der Waals surface area contributed by atoms with Crippen molar-refractivity contribution >= 4 is 29.3 Å². The van der Waals surface area contributed by atoms with Gasteiger partial charge in [-0.25, -0.2) is 0 Å². The number of halogens is 4. The van der Waals surface area contributed by atoms with Crippen LogP contribution in [0.15, 0.2) is 46.7 Å². The predicted molar refractivity (Wildman–Crippen MR) is 117 cm³/mol. The van der Waals surface area contributed by atoms with Crippen LogP contribution in [-0.4, -0.2) is 39.0 Å². The first-order valence-electron chi connectivity index (χ1n) is 9.19. The molecule has 174 valence electrons. The van der Waals surface area contributed by atoms with Crippen molar-refractivity contribution in [2.45, 2.75) is 26.6 Å². The molecule has 32 heavy (non-hydrogen) atoms. The van der Waals surface area contributed by atoms with Crippen molar-refractivity contribution in [2.24, 2.45) is 10.3 Å². The molecule has 0 heterocycles. The quantitative estimate of drug-likeness (QED) is 0.306. The van der Waals surface area contributed by atoms with E-state index in [1.165, 1.54) is 20.1 Å². The predicted octanol–water partition coefficient (Wildman–Crippen LogP) is 5.42. The van der Waals surface area contributed by atoms with E-state index in [-0.39, 0.29) is 28.6 Å². The second kappa shape index (κ2) is 12.8. The molecule has 0 aliphatic heterocycles. The summed E-state index contributed by atoms with van der Waals surface area (Å²) in [7, 11) is 4.57. The van der Waals surface area contributed by atoms with Crippen LogP contribution in [0.4, 0.5) is 13.2 Å². The van der Waals surface area contributed by atoms with Gasteiger partial charge in [0.1, 0.15) is 19.4 Å². The molecule has 10 heteroatoms. The first-order valence-corrected chi connectivity index (χ1v) is 9.56. The van der Waals surface area contributed by atoms with E-state index in [0.29, 0.717) is 17.4 Å². The lowest BCUT2D eigenvalue weighted by molar-refractivity contribution is -0.137. The number of oxime groups is 2. The summed E-state index contributed by atoms with van der Waals surface area (Å²) < 4.78 is 43.1. The molecule has 0 bridgehead atoms. The zero-order chi connectivity index (χ0) is 24.3. The summed E-state index contributed by atoms with van der Waals surface area (Å²) in [5.41, 5.74) is 1.59. The van der Waals surface area contributed by atoms with E-state index < -0.39 is 11.7 Å². The lowest BCUT2D eigenvalue weighted by Gasteiger charge is -2.12. The minimum absolute atomic E-state index is 0.0252. The van der Waals surface area contributed by atoms with Crippen molar-refractivity contribution < 1.29 is 32.4 Å². The van der Waals surface area contributed by atoms with Crippen LogP contribution in [0.5, 0.6) is 0 Å². The molecule has 0 aromatic heterocycles. The van der Waals surface area contributed by atoms with Gasteiger partial charge in [0, 0.05) is 35.9 Å². The van der Waals surface area contributed by atoms with Gasteiger partial charge in [0.25, 0.3) is 0 Å². The number of carbonyl (C=O) groups is 1. The number of aldehydes is 1. The van der Waals surface area contributed by atoms with E-state index in [4.69, 9.17) is 16.4 Å². The van der Waals surface area contributed by atoms with Crippen molar-refractivity contribution in [1.82, 2.24) is 0 Å². The van der Waals surface area contributed by atoms with Crippen LogP contribution in [-0.2, 0) is 32.0 Å². The van der Waals surface area contributed by atoms with Gasteiger partial charge in [-0.1, -0.05) is 40.1 Å². The lowest BCUT2D eigenvalue weighted by atomic mass is 9.99. The molecule has 0 N–H and O–H groups in total. The molecule has 0 amide bonds. The molecule has 0 aliphatic carbocycles. The average Bonchev–Trinajstić information content (AvgIpc) is 2.72. The Morgan fingerprint density at radius 1 is 1.12 bits per heavy atom. The normalized spacial score (nSPS) is 12.0.